The Morgan fingerprint density at radius 1 is 0.783 bits per heavy atom. The van der Waals surface area contributed by atoms with E-state index in [1.807, 2.05) is 0 Å². The van der Waals surface area contributed by atoms with Crippen molar-refractivity contribution in [3.63, 3.8) is 0 Å². The fraction of sp³-hybridized carbons (Fsp3) is 1.00. The maximum Gasteiger partial charge on any atom is 0.113 e. The number of likely N-dealkylation sites (N-methyl/N-ethyl adjacent to an activating group) is 1. The zero-order valence-electron chi connectivity index (χ0n) is 15.8. The topological polar surface area (TPSA) is 20.2 Å². The molecule has 0 aromatic heterocycles. The molecule has 0 bridgehead atoms. The van der Waals surface area contributed by atoms with Crippen LogP contribution in [0.1, 0.15) is 85.0 Å². The van der Waals surface area contributed by atoms with Gasteiger partial charge >= 0.3 is 0 Å². The highest BCUT2D eigenvalue weighted by Gasteiger charge is 2.25. The number of unbranched alkanes of at least 4 members (excludes halogenated alkanes) is 9. The number of hydrogen-bond donors (Lipinski definition) is 1. The summed E-state index contributed by atoms with van der Waals surface area (Å²) in [5.41, 5.74) is 0. The fourth-order valence-electron chi connectivity index (χ4n) is 3.32. The monoisotopic (exact) mass is 457 g/mol. The van der Waals surface area contributed by atoms with Gasteiger partial charge in [0.1, 0.15) is 12.6 Å². The second-order valence-corrected chi connectivity index (χ2v) is 7.52. The zero-order valence-corrected chi connectivity index (χ0v) is 19.0. The molecular formula is C19H41Br2NO. The molecule has 0 amide bonds. The Hall–Kier alpha value is 0.880. The van der Waals surface area contributed by atoms with Crippen molar-refractivity contribution in [3.05, 3.63) is 0 Å². The molecule has 0 fully saturated rings. The first-order chi connectivity index (χ1) is 10.6. The minimum atomic E-state index is -0.206. The van der Waals surface area contributed by atoms with Gasteiger partial charge in [-0.05, 0) is 26.7 Å². The van der Waals surface area contributed by atoms with Crippen molar-refractivity contribution in [3.8, 4) is 0 Å². The number of nitrogens with zero attached hydrogens (tertiary/aromatic N) is 1. The molecule has 0 aromatic rings. The van der Waals surface area contributed by atoms with Crippen molar-refractivity contribution in [1.82, 2.24) is 0 Å². The van der Waals surface area contributed by atoms with Crippen molar-refractivity contribution < 1.29 is 26.6 Å². The first kappa shape index (κ1) is 26.1. The molecule has 0 aliphatic heterocycles. The molecule has 0 spiro atoms. The molecule has 0 heterocycles. The number of rotatable bonds is 16. The Kier molecular flexibility index (Phi) is 20.1. The van der Waals surface area contributed by atoms with Crippen molar-refractivity contribution in [1.29, 1.82) is 0 Å². The Bertz CT molecular complexity index is 235. The lowest BCUT2D eigenvalue weighted by atomic mass is 10.1. The van der Waals surface area contributed by atoms with E-state index in [0.717, 1.165) is 24.1 Å². The standard InChI is InChI=1S/C19H41BrNO.BrH/c1-4-7-8-9-10-11-12-13-14-15-16-21(5-2,6-3)18-19(22)17-20;/h19,22H,4-18H2,1-3H3;1H/q+1;/p-1. The highest BCUT2D eigenvalue weighted by molar-refractivity contribution is 9.09. The van der Waals surface area contributed by atoms with Gasteiger partial charge in [0.15, 0.2) is 0 Å². The summed E-state index contributed by atoms with van der Waals surface area (Å²) in [5, 5.41) is 10.7. The quantitative estimate of drug-likeness (QED) is 0.214. The third-order valence-electron chi connectivity index (χ3n) is 5.10. The number of hydrogen-bond acceptors (Lipinski definition) is 1. The van der Waals surface area contributed by atoms with Crippen LogP contribution in [0.4, 0.5) is 0 Å². The normalized spacial score (nSPS) is 12.9. The molecule has 0 rings (SSSR count). The van der Waals surface area contributed by atoms with E-state index in [1.165, 1.54) is 70.8 Å². The van der Waals surface area contributed by atoms with Crippen molar-refractivity contribution in [2.45, 2.75) is 91.1 Å². The maximum absolute atomic E-state index is 9.95. The van der Waals surface area contributed by atoms with Crippen LogP contribution in [0.2, 0.25) is 0 Å². The van der Waals surface area contributed by atoms with E-state index in [0.29, 0.717) is 5.33 Å². The van der Waals surface area contributed by atoms with E-state index in [9.17, 15) is 5.11 Å². The average Bonchev–Trinajstić information content (AvgIpc) is 2.55. The summed E-state index contributed by atoms with van der Waals surface area (Å²) >= 11 is 3.40. The van der Waals surface area contributed by atoms with Gasteiger partial charge in [-0.1, -0.05) is 74.2 Å². The van der Waals surface area contributed by atoms with E-state index in [2.05, 4.69) is 36.7 Å². The molecule has 0 radical (unpaired) electrons. The lowest BCUT2D eigenvalue weighted by Gasteiger charge is -2.38. The van der Waals surface area contributed by atoms with Gasteiger partial charge in [0.05, 0.1) is 19.6 Å². The van der Waals surface area contributed by atoms with Gasteiger partial charge in [-0.25, -0.2) is 0 Å². The summed E-state index contributed by atoms with van der Waals surface area (Å²) in [6.45, 7) is 11.2. The molecule has 142 valence electrons. The van der Waals surface area contributed by atoms with Crippen LogP contribution in [-0.2, 0) is 0 Å². The van der Waals surface area contributed by atoms with Crippen LogP contribution in [-0.4, -0.2) is 47.2 Å². The zero-order chi connectivity index (χ0) is 16.7. The number of halogens is 2. The van der Waals surface area contributed by atoms with E-state index < -0.39 is 0 Å². The summed E-state index contributed by atoms with van der Waals surface area (Å²) in [7, 11) is 0. The van der Waals surface area contributed by atoms with Gasteiger partial charge in [-0.15, -0.1) is 0 Å². The van der Waals surface area contributed by atoms with Crippen LogP contribution < -0.4 is 17.0 Å². The van der Waals surface area contributed by atoms with Crippen LogP contribution in [0, 0.1) is 0 Å². The first-order valence-electron chi connectivity index (χ1n) is 9.73. The lowest BCUT2D eigenvalue weighted by Crippen LogP contribution is -3.00. The minimum Gasteiger partial charge on any atom is -1.00 e. The predicted molar refractivity (Wildman–Crippen MR) is 103 cm³/mol. The Morgan fingerprint density at radius 3 is 1.61 bits per heavy atom. The molecule has 0 aliphatic rings. The Balaban J connectivity index is 0. The SMILES string of the molecule is CCCCCCCCCCCC[N+](CC)(CC)CC(O)CBr.[Br-]. The highest BCUT2D eigenvalue weighted by atomic mass is 79.9. The van der Waals surface area contributed by atoms with Crippen LogP contribution >= 0.6 is 15.9 Å². The summed E-state index contributed by atoms with van der Waals surface area (Å²) in [6.07, 6.45) is 13.7. The summed E-state index contributed by atoms with van der Waals surface area (Å²) < 4.78 is 1.07. The largest absolute Gasteiger partial charge is 1.00 e. The van der Waals surface area contributed by atoms with Crippen molar-refractivity contribution in [2.75, 3.05) is 31.5 Å². The number of aliphatic hydroxyl groups excluding tert-OH is 1. The number of quaternary nitrogens is 1. The average molecular weight is 459 g/mol. The molecule has 1 N–H and O–H groups in total. The van der Waals surface area contributed by atoms with Crippen molar-refractivity contribution >= 4 is 15.9 Å². The van der Waals surface area contributed by atoms with Crippen LogP contribution in [0.3, 0.4) is 0 Å². The van der Waals surface area contributed by atoms with Crippen LogP contribution in [0.25, 0.3) is 0 Å². The summed E-state index contributed by atoms with van der Waals surface area (Å²) in [4.78, 5) is 0. The molecule has 0 aliphatic carbocycles. The molecule has 0 saturated heterocycles. The van der Waals surface area contributed by atoms with E-state index >= 15 is 0 Å². The second-order valence-electron chi connectivity index (χ2n) is 6.87. The van der Waals surface area contributed by atoms with Gasteiger partial charge in [0, 0.05) is 5.33 Å². The predicted octanol–water partition coefficient (Wildman–Crippen LogP) is 2.52. The van der Waals surface area contributed by atoms with Gasteiger partial charge in [-0.2, -0.15) is 0 Å². The third kappa shape index (κ3) is 13.8. The number of alkyl halides is 1. The molecule has 0 aromatic carbocycles. The highest BCUT2D eigenvalue weighted by Crippen LogP contribution is 2.15. The molecule has 0 saturated carbocycles. The van der Waals surface area contributed by atoms with Gasteiger partial charge < -0.3 is 26.6 Å². The van der Waals surface area contributed by atoms with E-state index in [-0.39, 0.29) is 23.1 Å². The molecular weight excluding hydrogens is 418 g/mol. The van der Waals surface area contributed by atoms with Crippen LogP contribution in [0.5, 0.6) is 0 Å². The van der Waals surface area contributed by atoms with Crippen LogP contribution in [0.15, 0.2) is 0 Å². The number of aliphatic hydroxyl groups is 1. The summed E-state index contributed by atoms with van der Waals surface area (Å²) in [5.74, 6) is 0. The molecule has 4 heteroatoms. The maximum atomic E-state index is 9.95. The van der Waals surface area contributed by atoms with E-state index in [1.54, 1.807) is 0 Å². The second kappa shape index (κ2) is 17.7. The first-order valence-corrected chi connectivity index (χ1v) is 10.8. The van der Waals surface area contributed by atoms with Gasteiger partial charge in [-0.3, -0.25) is 0 Å². The van der Waals surface area contributed by atoms with E-state index in [4.69, 9.17) is 0 Å². The Labute approximate surface area is 164 Å². The molecule has 1 atom stereocenters. The van der Waals surface area contributed by atoms with Gasteiger partial charge in [0.2, 0.25) is 0 Å². The molecule has 2 nitrogen and oxygen atoms in total. The van der Waals surface area contributed by atoms with Gasteiger partial charge in [0.25, 0.3) is 0 Å². The molecule has 23 heavy (non-hydrogen) atoms. The Morgan fingerprint density at radius 2 is 1.22 bits per heavy atom. The lowest BCUT2D eigenvalue weighted by molar-refractivity contribution is -0.927. The fourth-order valence-corrected chi connectivity index (χ4v) is 3.52. The summed E-state index contributed by atoms with van der Waals surface area (Å²) in [6, 6.07) is 0. The smallest absolute Gasteiger partial charge is 0.113 e. The minimum absolute atomic E-state index is 0. The third-order valence-corrected chi connectivity index (χ3v) is 5.85. The molecule has 1 unspecified atom stereocenters. The van der Waals surface area contributed by atoms with Crippen molar-refractivity contribution in [2.24, 2.45) is 0 Å².